The summed E-state index contributed by atoms with van der Waals surface area (Å²) in [6.07, 6.45) is 4.91. The van der Waals surface area contributed by atoms with E-state index in [9.17, 15) is 0 Å². The third kappa shape index (κ3) is 6.07. The van der Waals surface area contributed by atoms with Crippen molar-refractivity contribution >= 4 is 45.9 Å². The highest BCUT2D eigenvalue weighted by molar-refractivity contribution is 14.0. The first kappa shape index (κ1) is 22.9. The number of hydrogen-bond donors (Lipinski definition) is 2. The molecule has 1 fully saturated rings. The first-order valence-corrected chi connectivity index (χ1v) is 10.1. The molecule has 28 heavy (non-hydrogen) atoms. The van der Waals surface area contributed by atoms with E-state index in [0.29, 0.717) is 19.1 Å². The van der Waals surface area contributed by atoms with Gasteiger partial charge in [-0.25, -0.2) is 4.99 Å². The Morgan fingerprint density at radius 1 is 1.32 bits per heavy atom. The smallest absolute Gasteiger partial charge is 0.192 e. The lowest BCUT2D eigenvalue weighted by Gasteiger charge is -2.17. The van der Waals surface area contributed by atoms with E-state index in [1.54, 1.807) is 7.11 Å². The molecule has 1 aliphatic rings. The summed E-state index contributed by atoms with van der Waals surface area (Å²) in [5, 5.41) is 15.3. The highest BCUT2D eigenvalue weighted by atomic mass is 127. The second-order valence-corrected chi connectivity index (χ2v) is 7.74. The fourth-order valence-electron chi connectivity index (χ4n) is 3.22. The Balaban J connectivity index is 0.00000280. The summed E-state index contributed by atoms with van der Waals surface area (Å²) in [5.41, 5.74) is 1.04. The number of halogens is 2. The monoisotopic (exact) mass is 562 g/mol. The Morgan fingerprint density at radius 2 is 2.07 bits per heavy atom. The average Bonchev–Trinajstić information content (AvgIpc) is 3.28. The van der Waals surface area contributed by atoms with Crippen molar-refractivity contribution in [3.63, 3.8) is 0 Å². The Labute approximate surface area is 191 Å². The second-order valence-electron chi connectivity index (χ2n) is 6.82. The van der Waals surface area contributed by atoms with Gasteiger partial charge in [0.1, 0.15) is 11.6 Å². The van der Waals surface area contributed by atoms with E-state index in [4.69, 9.17) is 9.73 Å². The predicted octanol–water partition coefficient (Wildman–Crippen LogP) is 3.69. The number of hydrogen-bond acceptors (Lipinski definition) is 4. The van der Waals surface area contributed by atoms with Crippen LogP contribution in [0.15, 0.2) is 27.7 Å². The van der Waals surface area contributed by atoms with Crippen molar-refractivity contribution in [3.8, 4) is 5.75 Å². The number of aryl methyl sites for hydroxylation is 1. The van der Waals surface area contributed by atoms with Crippen molar-refractivity contribution in [2.24, 2.45) is 12.0 Å². The topological polar surface area (TPSA) is 76.4 Å². The quantitative estimate of drug-likeness (QED) is 0.319. The molecule has 1 aromatic carbocycles. The lowest BCUT2D eigenvalue weighted by molar-refractivity contribution is 0.409. The number of ether oxygens (including phenoxy) is 1. The number of guanidine groups is 1. The number of methoxy groups -OCH3 is 1. The van der Waals surface area contributed by atoms with Crippen molar-refractivity contribution < 1.29 is 4.74 Å². The zero-order chi connectivity index (χ0) is 19.2. The van der Waals surface area contributed by atoms with Gasteiger partial charge in [-0.1, -0.05) is 28.8 Å². The maximum absolute atomic E-state index is 5.46. The summed E-state index contributed by atoms with van der Waals surface area (Å²) in [5.74, 6) is 3.41. The van der Waals surface area contributed by atoms with Crippen molar-refractivity contribution in [2.75, 3.05) is 7.11 Å². The van der Waals surface area contributed by atoms with Gasteiger partial charge in [0.25, 0.3) is 0 Å². The summed E-state index contributed by atoms with van der Waals surface area (Å²) in [6.45, 7) is 3.05. The van der Waals surface area contributed by atoms with Crippen LogP contribution in [0.2, 0.25) is 0 Å². The molecule has 0 amide bonds. The zero-order valence-corrected chi connectivity index (χ0v) is 20.5. The molecule has 1 saturated carbocycles. The molecule has 0 radical (unpaired) electrons. The van der Waals surface area contributed by atoms with Gasteiger partial charge < -0.3 is 19.9 Å². The van der Waals surface area contributed by atoms with Crippen molar-refractivity contribution in [1.29, 1.82) is 0 Å². The van der Waals surface area contributed by atoms with Gasteiger partial charge in [0.05, 0.1) is 20.2 Å². The first-order chi connectivity index (χ1) is 13.1. The van der Waals surface area contributed by atoms with E-state index in [-0.39, 0.29) is 24.0 Å². The van der Waals surface area contributed by atoms with Crippen LogP contribution in [-0.2, 0) is 20.1 Å². The van der Waals surface area contributed by atoms with Crippen LogP contribution in [0.25, 0.3) is 0 Å². The molecule has 9 heteroatoms. The fraction of sp³-hybridized carbons (Fsp3) is 0.526. The highest BCUT2D eigenvalue weighted by Gasteiger charge is 2.17. The molecule has 154 valence electrons. The molecule has 1 heterocycles. The molecule has 2 aromatic rings. The molecular weight excluding hydrogens is 535 g/mol. The van der Waals surface area contributed by atoms with E-state index in [1.165, 1.54) is 25.7 Å². The van der Waals surface area contributed by atoms with Crippen LogP contribution in [0.5, 0.6) is 5.75 Å². The van der Waals surface area contributed by atoms with Crippen molar-refractivity contribution in [3.05, 3.63) is 39.9 Å². The minimum absolute atomic E-state index is 0. The molecule has 0 unspecified atom stereocenters. The number of benzene rings is 1. The summed E-state index contributed by atoms with van der Waals surface area (Å²) in [6, 6.07) is 6.44. The molecule has 0 spiro atoms. The molecule has 1 aromatic heterocycles. The number of aliphatic imine (C=N–C) groups is 1. The highest BCUT2D eigenvalue weighted by Crippen LogP contribution is 2.23. The second kappa shape index (κ2) is 11.0. The van der Waals surface area contributed by atoms with Crippen molar-refractivity contribution in [2.45, 2.75) is 51.7 Å². The third-order valence-corrected chi connectivity index (χ3v) is 5.44. The van der Waals surface area contributed by atoms with Gasteiger partial charge in [0.2, 0.25) is 0 Å². The molecule has 7 nitrogen and oxygen atoms in total. The van der Waals surface area contributed by atoms with Crippen LogP contribution < -0.4 is 15.4 Å². The van der Waals surface area contributed by atoms with Crippen LogP contribution in [-0.4, -0.2) is 33.9 Å². The number of rotatable bonds is 6. The maximum Gasteiger partial charge on any atom is 0.192 e. The predicted molar refractivity (Wildman–Crippen MR) is 125 cm³/mol. The van der Waals surface area contributed by atoms with E-state index in [1.807, 2.05) is 36.7 Å². The van der Waals surface area contributed by atoms with Crippen LogP contribution in [0.4, 0.5) is 0 Å². The fourth-order valence-corrected chi connectivity index (χ4v) is 3.63. The maximum atomic E-state index is 5.46. The molecule has 0 atom stereocenters. The lowest BCUT2D eigenvalue weighted by Crippen LogP contribution is -2.42. The summed E-state index contributed by atoms with van der Waals surface area (Å²) in [4.78, 5) is 4.79. The SMILES string of the molecule is COc1ccc(Br)cc1CN=C(NCc1nnc(C)n1C)NC1CCCC1.I. The van der Waals surface area contributed by atoms with E-state index < -0.39 is 0 Å². The lowest BCUT2D eigenvalue weighted by atomic mass is 10.2. The standard InChI is InChI=1S/C19H27BrN6O.HI/c1-13-24-25-18(26(13)2)12-22-19(23-16-6-4-5-7-16)21-11-14-10-15(20)8-9-17(14)27-3;/h8-10,16H,4-7,11-12H2,1-3H3,(H2,21,22,23);1H. The van der Waals surface area contributed by atoms with E-state index in [2.05, 4.69) is 36.8 Å². The van der Waals surface area contributed by atoms with Gasteiger partial charge in [-0.05, 0) is 38.0 Å². The number of nitrogens with one attached hydrogen (secondary N) is 2. The van der Waals surface area contributed by atoms with Crippen molar-refractivity contribution in [1.82, 2.24) is 25.4 Å². The number of nitrogens with zero attached hydrogens (tertiary/aromatic N) is 4. The van der Waals surface area contributed by atoms with Gasteiger partial charge in [-0.2, -0.15) is 0 Å². The van der Waals surface area contributed by atoms with Crippen LogP contribution in [0.3, 0.4) is 0 Å². The van der Waals surface area contributed by atoms with Crippen LogP contribution >= 0.6 is 39.9 Å². The third-order valence-electron chi connectivity index (χ3n) is 4.94. The number of aromatic nitrogens is 3. The van der Waals surface area contributed by atoms with E-state index >= 15 is 0 Å². The molecule has 0 bridgehead atoms. The van der Waals surface area contributed by atoms with Crippen LogP contribution in [0, 0.1) is 6.92 Å². The largest absolute Gasteiger partial charge is 0.496 e. The summed E-state index contributed by atoms with van der Waals surface area (Å²) >= 11 is 3.52. The molecule has 1 aliphatic carbocycles. The summed E-state index contributed by atoms with van der Waals surface area (Å²) < 4.78 is 8.46. The molecule has 0 saturated heterocycles. The molecule has 0 aliphatic heterocycles. The van der Waals surface area contributed by atoms with E-state index in [0.717, 1.165) is 33.4 Å². The first-order valence-electron chi connectivity index (χ1n) is 9.29. The average molecular weight is 563 g/mol. The minimum atomic E-state index is 0. The van der Waals surface area contributed by atoms with Gasteiger partial charge >= 0.3 is 0 Å². The van der Waals surface area contributed by atoms with Gasteiger partial charge in [0.15, 0.2) is 11.8 Å². The summed E-state index contributed by atoms with van der Waals surface area (Å²) in [7, 11) is 3.66. The Hall–Kier alpha value is -1.36. The zero-order valence-electron chi connectivity index (χ0n) is 16.5. The molecule has 3 rings (SSSR count). The van der Waals surface area contributed by atoms with Crippen LogP contribution in [0.1, 0.15) is 42.9 Å². The molecular formula is C19H28BrIN6O. The molecule has 2 N–H and O–H groups in total. The van der Waals surface area contributed by atoms with Gasteiger partial charge in [-0.3, -0.25) is 0 Å². The minimum Gasteiger partial charge on any atom is -0.496 e. The Bertz CT molecular complexity index is 804. The van der Waals surface area contributed by atoms with Gasteiger partial charge in [-0.15, -0.1) is 34.2 Å². The van der Waals surface area contributed by atoms with Gasteiger partial charge in [0, 0.05) is 23.1 Å². The Morgan fingerprint density at radius 3 is 2.71 bits per heavy atom. The normalized spacial score (nSPS) is 14.6. The Kier molecular flexibility index (Phi) is 9.00.